The molecule has 0 aliphatic carbocycles. The second kappa shape index (κ2) is 5.30. The first-order valence-corrected chi connectivity index (χ1v) is 6.85. The van der Waals surface area contributed by atoms with Gasteiger partial charge in [0, 0.05) is 32.2 Å². The Morgan fingerprint density at radius 2 is 2.37 bits per heavy atom. The third-order valence-corrected chi connectivity index (χ3v) is 4.21. The van der Waals surface area contributed by atoms with Crippen LogP contribution in [0.25, 0.3) is 0 Å². The van der Waals surface area contributed by atoms with Crippen molar-refractivity contribution in [2.24, 2.45) is 0 Å². The second-order valence-corrected chi connectivity index (χ2v) is 5.31. The van der Waals surface area contributed by atoms with E-state index >= 15 is 0 Å². The molecule has 2 atom stereocenters. The van der Waals surface area contributed by atoms with Crippen molar-refractivity contribution in [3.8, 4) is 6.07 Å². The van der Waals surface area contributed by atoms with Gasteiger partial charge in [-0.15, -0.1) is 0 Å². The predicted molar refractivity (Wildman–Crippen MR) is 72.8 cm³/mol. The van der Waals surface area contributed by atoms with Crippen molar-refractivity contribution in [1.82, 2.24) is 10.2 Å². The van der Waals surface area contributed by atoms with Gasteiger partial charge in [0.25, 0.3) is 0 Å². The van der Waals surface area contributed by atoms with Crippen LogP contribution in [-0.4, -0.2) is 43.7 Å². The van der Waals surface area contributed by atoms with E-state index in [9.17, 15) is 0 Å². The number of piperazine rings is 1. The number of nitriles is 1. The number of nitrogens with zero attached hydrogens (tertiary/aromatic N) is 2. The van der Waals surface area contributed by atoms with E-state index in [1.165, 1.54) is 0 Å². The fraction of sp³-hybridized carbons (Fsp3) is 0.533. The molecule has 1 aromatic carbocycles. The number of hydrogen-bond acceptors (Lipinski definition) is 4. The van der Waals surface area contributed by atoms with E-state index in [2.05, 4.69) is 22.4 Å². The lowest BCUT2D eigenvalue weighted by Gasteiger charge is -2.43. The molecule has 2 aliphatic heterocycles. The molecular formula is C15H19N3O. The molecule has 1 aromatic rings. The van der Waals surface area contributed by atoms with Gasteiger partial charge in [0.2, 0.25) is 0 Å². The molecule has 100 valence electrons. The summed E-state index contributed by atoms with van der Waals surface area (Å²) in [5, 5.41) is 12.5. The number of hydrogen-bond donors (Lipinski definition) is 1. The molecule has 0 bridgehead atoms. The summed E-state index contributed by atoms with van der Waals surface area (Å²) in [5.41, 5.74) is 2.98. The Balaban J connectivity index is 1.82. The SMILES string of the molecule is Cc1c(C#N)cccc1[C@@H]1CN2CCNC[C@H]2CO1. The van der Waals surface area contributed by atoms with Crippen LogP contribution in [0.5, 0.6) is 0 Å². The molecule has 0 unspecified atom stereocenters. The number of morpholine rings is 1. The Kier molecular flexibility index (Phi) is 3.52. The van der Waals surface area contributed by atoms with Crippen LogP contribution in [0.4, 0.5) is 0 Å². The van der Waals surface area contributed by atoms with Crippen LogP contribution in [0.2, 0.25) is 0 Å². The summed E-state index contributed by atoms with van der Waals surface area (Å²) in [6.45, 7) is 6.88. The lowest BCUT2D eigenvalue weighted by Crippen LogP contribution is -2.57. The molecule has 2 saturated heterocycles. The fourth-order valence-electron chi connectivity index (χ4n) is 3.01. The van der Waals surface area contributed by atoms with Crippen LogP contribution in [0, 0.1) is 18.3 Å². The van der Waals surface area contributed by atoms with E-state index in [0.717, 1.165) is 49.5 Å². The summed E-state index contributed by atoms with van der Waals surface area (Å²) >= 11 is 0. The van der Waals surface area contributed by atoms with Gasteiger partial charge >= 0.3 is 0 Å². The quantitative estimate of drug-likeness (QED) is 0.821. The van der Waals surface area contributed by atoms with Crippen LogP contribution in [-0.2, 0) is 4.74 Å². The third kappa shape index (κ3) is 2.37. The van der Waals surface area contributed by atoms with Crippen molar-refractivity contribution >= 4 is 0 Å². The van der Waals surface area contributed by atoms with Crippen molar-refractivity contribution in [1.29, 1.82) is 5.26 Å². The zero-order valence-corrected chi connectivity index (χ0v) is 11.2. The first-order valence-electron chi connectivity index (χ1n) is 6.85. The van der Waals surface area contributed by atoms with Crippen LogP contribution in [0.3, 0.4) is 0 Å². The zero-order chi connectivity index (χ0) is 13.2. The summed E-state index contributed by atoms with van der Waals surface area (Å²) < 4.78 is 6.02. The van der Waals surface area contributed by atoms with Gasteiger partial charge in [-0.2, -0.15) is 5.26 Å². The lowest BCUT2D eigenvalue weighted by atomic mass is 9.97. The maximum absolute atomic E-state index is 9.12. The summed E-state index contributed by atoms with van der Waals surface area (Å²) in [5.74, 6) is 0. The molecule has 4 nitrogen and oxygen atoms in total. The maximum atomic E-state index is 9.12. The van der Waals surface area contributed by atoms with Crippen molar-refractivity contribution in [2.45, 2.75) is 19.1 Å². The Morgan fingerprint density at radius 3 is 3.21 bits per heavy atom. The largest absolute Gasteiger partial charge is 0.370 e. The van der Waals surface area contributed by atoms with E-state index in [0.29, 0.717) is 6.04 Å². The topological polar surface area (TPSA) is 48.3 Å². The minimum absolute atomic E-state index is 0.0997. The van der Waals surface area contributed by atoms with E-state index in [-0.39, 0.29) is 6.10 Å². The Morgan fingerprint density at radius 1 is 1.47 bits per heavy atom. The molecule has 0 aromatic heterocycles. The highest BCUT2D eigenvalue weighted by atomic mass is 16.5. The van der Waals surface area contributed by atoms with Crippen LogP contribution >= 0.6 is 0 Å². The molecule has 3 rings (SSSR count). The smallest absolute Gasteiger partial charge is 0.0994 e. The van der Waals surface area contributed by atoms with Gasteiger partial charge in [0.15, 0.2) is 0 Å². The van der Waals surface area contributed by atoms with Gasteiger partial charge < -0.3 is 10.1 Å². The van der Waals surface area contributed by atoms with Gasteiger partial charge in [-0.3, -0.25) is 4.90 Å². The highest BCUT2D eigenvalue weighted by molar-refractivity contribution is 5.43. The molecule has 0 spiro atoms. The third-order valence-electron chi connectivity index (χ3n) is 4.21. The van der Waals surface area contributed by atoms with Crippen LogP contribution in [0.1, 0.15) is 22.8 Å². The average Bonchev–Trinajstić information content (AvgIpc) is 2.47. The Labute approximate surface area is 114 Å². The Bertz CT molecular complexity index is 509. The highest BCUT2D eigenvalue weighted by Crippen LogP contribution is 2.28. The molecule has 0 saturated carbocycles. The minimum atomic E-state index is 0.0997. The highest BCUT2D eigenvalue weighted by Gasteiger charge is 2.31. The predicted octanol–water partition coefficient (Wildman–Crippen LogP) is 1.21. The molecule has 2 aliphatic rings. The standard InChI is InChI=1S/C15H19N3O/c1-11-12(7-16)3-2-4-14(11)15-9-18-6-5-17-8-13(18)10-19-15/h2-4,13,15,17H,5-6,8-10H2,1H3/t13-,15-/m0/s1. The summed E-state index contributed by atoms with van der Waals surface area (Å²) in [7, 11) is 0. The maximum Gasteiger partial charge on any atom is 0.0994 e. The molecular weight excluding hydrogens is 238 g/mol. The van der Waals surface area contributed by atoms with Crippen molar-refractivity contribution in [2.75, 3.05) is 32.8 Å². The van der Waals surface area contributed by atoms with Gasteiger partial charge in [0.05, 0.1) is 24.3 Å². The molecule has 2 heterocycles. The Hall–Kier alpha value is -1.41. The van der Waals surface area contributed by atoms with E-state index in [1.54, 1.807) is 0 Å². The number of nitrogens with one attached hydrogen (secondary N) is 1. The minimum Gasteiger partial charge on any atom is -0.370 e. The number of rotatable bonds is 1. The average molecular weight is 257 g/mol. The molecule has 1 N–H and O–H groups in total. The van der Waals surface area contributed by atoms with Gasteiger partial charge in [-0.1, -0.05) is 12.1 Å². The van der Waals surface area contributed by atoms with Crippen molar-refractivity contribution in [3.63, 3.8) is 0 Å². The molecule has 19 heavy (non-hydrogen) atoms. The molecule has 0 radical (unpaired) electrons. The number of fused-ring (bicyclic) bond motifs is 1. The van der Waals surface area contributed by atoms with Crippen molar-refractivity contribution in [3.05, 3.63) is 34.9 Å². The van der Waals surface area contributed by atoms with Crippen LogP contribution in [0.15, 0.2) is 18.2 Å². The number of benzene rings is 1. The van der Waals surface area contributed by atoms with Gasteiger partial charge in [-0.25, -0.2) is 0 Å². The van der Waals surface area contributed by atoms with Crippen LogP contribution < -0.4 is 5.32 Å². The monoisotopic (exact) mass is 257 g/mol. The van der Waals surface area contributed by atoms with Gasteiger partial charge in [-0.05, 0) is 24.1 Å². The zero-order valence-electron chi connectivity index (χ0n) is 11.2. The molecule has 0 amide bonds. The van der Waals surface area contributed by atoms with E-state index < -0.39 is 0 Å². The first-order chi connectivity index (χ1) is 9.29. The first kappa shape index (κ1) is 12.6. The summed E-state index contributed by atoms with van der Waals surface area (Å²) in [6.07, 6.45) is 0.0997. The summed E-state index contributed by atoms with van der Waals surface area (Å²) in [6, 6.07) is 8.67. The number of ether oxygens (including phenoxy) is 1. The lowest BCUT2D eigenvalue weighted by molar-refractivity contribution is -0.0720. The summed E-state index contributed by atoms with van der Waals surface area (Å²) in [4.78, 5) is 2.50. The van der Waals surface area contributed by atoms with E-state index in [1.807, 2.05) is 19.1 Å². The normalized spacial score (nSPS) is 27.6. The molecule has 4 heteroatoms. The second-order valence-electron chi connectivity index (χ2n) is 5.31. The molecule has 2 fully saturated rings. The fourth-order valence-corrected chi connectivity index (χ4v) is 3.01. The van der Waals surface area contributed by atoms with E-state index in [4.69, 9.17) is 10.00 Å². The van der Waals surface area contributed by atoms with Crippen molar-refractivity contribution < 1.29 is 4.74 Å². The van der Waals surface area contributed by atoms with Gasteiger partial charge in [0.1, 0.15) is 0 Å².